The zero-order valence-electron chi connectivity index (χ0n) is 18.0. The van der Waals surface area contributed by atoms with Gasteiger partial charge in [-0.25, -0.2) is 0 Å². The van der Waals surface area contributed by atoms with Gasteiger partial charge in [-0.15, -0.1) is 0 Å². The SMILES string of the molecule is CC[C@@H](C)NC(=O)[C@H](CC)N(Cc1ccc(Cl)c(Cl)c1)C(=O)Cc1cccc(C)c1. The minimum absolute atomic E-state index is 0.0465. The number of rotatable bonds is 9. The minimum Gasteiger partial charge on any atom is -0.352 e. The number of halogens is 2. The topological polar surface area (TPSA) is 49.4 Å². The lowest BCUT2D eigenvalue weighted by Crippen LogP contribution is -2.51. The van der Waals surface area contributed by atoms with Crippen molar-refractivity contribution in [1.82, 2.24) is 10.2 Å². The van der Waals surface area contributed by atoms with E-state index in [1.54, 1.807) is 17.0 Å². The Morgan fingerprint density at radius 3 is 2.33 bits per heavy atom. The van der Waals surface area contributed by atoms with E-state index in [9.17, 15) is 9.59 Å². The molecule has 0 spiro atoms. The Kier molecular flexibility index (Phi) is 9.19. The Balaban J connectivity index is 2.32. The van der Waals surface area contributed by atoms with E-state index >= 15 is 0 Å². The summed E-state index contributed by atoms with van der Waals surface area (Å²) in [6, 6.07) is 12.6. The highest BCUT2D eigenvalue weighted by molar-refractivity contribution is 6.42. The molecular formula is C24H30Cl2N2O2. The summed E-state index contributed by atoms with van der Waals surface area (Å²) in [7, 11) is 0. The fourth-order valence-electron chi connectivity index (χ4n) is 3.29. The van der Waals surface area contributed by atoms with Crippen molar-refractivity contribution < 1.29 is 9.59 Å². The molecule has 2 aromatic carbocycles. The molecule has 0 aliphatic rings. The summed E-state index contributed by atoms with van der Waals surface area (Å²) < 4.78 is 0. The lowest BCUT2D eigenvalue weighted by Gasteiger charge is -2.31. The van der Waals surface area contributed by atoms with Gasteiger partial charge in [-0.2, -0.15) is 0 Å². The van der Waals surface area contributed by atoms with Crippen molar-refractivity contribution in [2.45, 2.75) is 65.6 Å². The first-order valence-corrected chi connectivity index (χ1v) is 11.1. The fraction of sp³-hybridized carbons (Fsp3) is 0.417. The van der Waals surface area contributed by atoms with E-state index in [2.05, 4.69) is 5.32 Å². The van der Waals surface area contributed by atoms with Gasteiger partial charge in [0.25, 0.3) is 0 Å². The average Bonchev–Trinajstić information content (AvgIpc) is 2.70. The summed E-state index contributed by atoms with van der Waals surface area (Å²) in [6.45, 7) is 8.18. The highest BCUT2D eigenvalue weighted by atomic mass is 35.5. The van der Waals surface area contributed by atoms with E-state index in [0.717, 1.165) is 23.1 Å². The molecule has 0 saturated carbocycles. The minimum atomic E-state index is -0.564. The number of nitrogens with zero attached hydrogens (tertiary/aromatic N) is 1. The van der Waals surface area contributed by atoms with Crippen LogP contribution in [-0.4, -0.2) is 28.8 Å². The second-order valence-electron chi connectivity index (χ2n) is 7.68. The van der Waals surface area contributed by atoms with Gasteiger partial charge in [0.2, 0.25) is 11.8 Å². The Hall–Kier alpha value is -2.04. The molecule has 0 bridgehead atoms. The van der Waals surface area contributed by atoms with Crippen LogP contribution in [0.2, 0.25) is 10.0 Å². The second-order valence-corrected chi connectivity index (χ2v) is 8.49. The van der Waals surface area contributed by atoms with Gasteiger partial charge in [0.15, 0.2) is 0 Å². The number of aryl methyl sites for hydroxylation is 1. The first-order chi connectivity index (χ1) is 14.2. The maximum Gasteiger partial charge on any atom is 0.243 e. The predicted molar refractivity (Wildman–Crippen MR) is 124 cm³/mol. The maximum absolute atomic E-state index is 13.3. The quantitative estimate of drug-likeness (QED) is 0.545. The third kappa shape index (κ3) is 6.75. The van der Waals surface area contributed by atoms with E-state index < -0.39 is 6.04 Å². The molecule has 0 saturated heterocycles. The largest absolute Gasteiger partial charge is 0.352 e. The third-order valence-electron chi connectivity index (χ3n) is 5.16. The van der Waals surface area contributed by atoms with E-state index in [4.69, 9.17) is 23.2 Å². The molecule has 0 radical (unpaired) electrons. The Morgan fingerprint density at radius 2 is 1.73 bits per heavy atom. The van der Waals surface area contributed by atoms with Gasteiger partial charge in [0.05, 0.1) is 16.5 Å². The fourth-order valence-corrected chi connectivity index (χ4v) is 3.61. The average molecular weight is 449 g/mol. The van der Waals surface area contributed by atoms with Crippen LogP contribution in [0.1, 0.15) is 50.3 Å². The highest BCUT2D eigenvalue weighted by Crippen LogP contribution is 2.24. The van der Waals surface area contributed by atoms with Crippen molar-refractivity contribution in [2.75, 3.05) is 0 Å². The molecule has 2 atom stereocenters. The maximum atomic E-state index is 13.3. The number of benzene rings is 2. The monoisotopic (exact) mass is 448 g/mol. The van der Waals surface area contributed by atoms with Crippen molar-refractivity contribution in [3.05, 3.63) is 69.2 Å². The van der Waals surface area contributed by atoms with Crippen LogP contribution in [0.15, 0.2) is 42.5 Å². The van der Waals surface area contributed by atoms with E-state index in [0.29, 0.717) is 16.5 Å². The number of hydrogen-bond donors (Lipinski definition) is 1. The molecule has 30 heavy (non-hydrogen) atoms. The van der Waals surface area contributed by atoms with Crippen molar-refractivity contribution in [2.24, 2.45) is 0 Å². The number of carbonyl (C=O) groups is 2. The normalized spacial score (nSPS) is 12.9. The van der Waals surface area contributed by atoms with Crippen molar-refractivity contribution in [3.8, 4) is 0 Å². The predicted octanol–water partition coefficient (Wildman–Crippen LogP) is 5.57. The number of nitrogens with one attached hydrogen (secondary N) is 1. The molecule has 2 aromatic rings. The molecular weight excluding hydrogens is 419 g/mol. The van der Waals surface area contributed by atoms with Crippen LogP contribution in [-0.2, 0) is 22.6 Å². The summed E-state index contributed by atoms with van der Waals surface area (Å²) in [5, 5.41) is 3.90. The van der Waals surface area contributed by atoms with Gasteiger partial charge < -0.3 is 10.2 Å². The van der Waals surface area contributed by atoms with E-state index in [1.807, 2.05) is 58.0 Å². The van der Waals surface area contributed by atoms with Crippen molar-refractivity contribution in [1.29, 1.82) is 0 Å². The molecule has 4 nitrogen and oxygen atoms in total. The standard InChI is InChI=1S/C24H30Cl2N2O2/c1-5-17(4)27-24(30)22(6-2)28(15-19-10-11-20(25)21(26)13-19)23(29)14-18-9-7-8-16(3)12-18/h7-13,17,22H,5-6,14-15H2,1-4H3,(H,27,30)/t17-,22+/m1/s1. The first-order valence-electron chi connectivity index (χ1n) is 10.3. The summed E-state index contributed by atoms with van der Waals surface area (Å²) >= 11 is 12.2. The zero-order valence-corrected chi connectivity index (χ0v) is 19.6. The van der Waals surface area contributed by atoms with Gasteiger partial charge in [-0.1, -0.05) is 72.9 Å². The van der Waals surface area contributed by atoms with E-state index in [-0.39, 0.29) is 30.8 Å². The molecule has 0 fully saturated rings. The van der Waals surface area contributed by atoms with Crippen LogP contribution in [0.3, 0.4) is 0 Å². The molecule has 0 aromatic heterocycles. The highest BCUT2D eigenvalue weighted by Gasteiger charge is 2.29. The van der Waals surface area contributed by atoms with E-state index in [1.165, 1.54) is 0 Å². The molecule has 0 aliphatic carbocycles. The van der Waals surface area contributed by atoms with Crippen LogP contribution in [0, 0.1) is 6.92 Å². The summed E-state index contributed by atoms with van der Waals surface area (Å²) in [6.07, 6.45) is 1.57. The Labute approximate surface area is 189 Å². The van der Waals surface area contributed by atoms with Gasteiger partial charge in [0, 0.05) is 12.6 Å². The smallest absolute Gasteiger partial charge is 0.243 e. The molecule has 0 heterocycles. The van der Waals surface area contributed by atoms with Crippen LogP contribution in [0.4, 0.5) is 0 Å². The Bertz CT molecular complexity index is 885. The number of amides is 2. The molecule has 2 amide bonds. The third-order valence-corrected chi connectivity index (χ3v) is 5.90. The summed E-state index contributed by atoms with van der Waals surface area (Å²) in [5.41, 5.74) is 2.85. The van der Waals surface area contributed by atoms with Crippen molar-refractivity contribution in [3.63, 3.8) is 0 Å². The number of hydrogen-bond acceptors (Lipinski definition) is 2. The second kappa shape index (κ2) is 11.4. The first kappa shape index (κ1) is 24.2. The summed E-state index contributed by atoms with van der Waals surface area (Å²) in [4.78, 5) is 27.9. The van der Waals surface area contributed by atoms with Gasteiger partial charge in [-0.05, 0) is 49.9 Å². The van der Waals surface area contributed by atoms with Gasteiger partial charge >= 0.3 is 0 Å². The molecule has 6 heteroatoms. The lowest BCUT2D eigenvalue weighted by molar-refractivity contribution is -0.141. The van der Waals surface area contributed by atoms with Crippen LogP contribution in [0.5, 0.6) is 0 Å². The molecule has 2 rings (SSSR count). The van der Waals surface area contributed by atoms with Crippen LogP contribution < -0.4 is 5.32 Å². The Morgan fingerprint density at radius 1 is 1.00 bits per heavy atom. The van der Waals surface area contributed by atoms with Gasteiger partial charge in [0.1, 0.15) is 6.04 Å². The molecule has 1 N–H and O–H groups in total. The molecule has 162 valence electrons. The number of carbonyl (C=O) groups excluding carboxylic acids is 2. The summed E-state index contributed by atoms with van der Waals surface area (Å²) in [5.74, 6) is -0.234. The lowest BCUT2D eigenvalue weighted by atomic mass is 10.0. The molecule has 0 unspecified atom stereocenters. The molecule has 0 aliphatic heterocycles. The van der Waals surface area contributed by atoms with Crippen LogP contribution in [0.25, 0.3) is 0 Å². The van der Waals surface area contributed by atoms with Crippen molar-refractivity contribution >= 4 is 35.0 Å². The van der Waals surface area contributed by atoms with Gasteiger partial charge in [-0.3, -0.25) is 9.59 Å². The zero-order chi connectivity index (χ0) is 22.3. The van der Waals surface area contributed by atoms with Crippen LogP contribution >= 0.6 is 23.2 Å².